The molecule has 0 aromatic carbocycles. The van der Waals surface area contributed by atoms with Crippen LogP contribution in [0.4, 0.5) is 4.79 Å². The number of hydrogen-bond donors (Lipinski definition) is 4. The second-order valence-corrected chi connectivity index (χ2v) is 4.55. The van der Waals surface area contributed by atoms with E-state index in [0.29, 0.717) is 6.54 Å². The van der Waals surface area contributed by atoms with E-state index in [-0.39, 0.29) is 18.4 Å². The highest BCUT2D eigenvalue weighted by Gasteiger charge is 2.45. The Hall–Kier alpha value is -1.90. The molecule has 8 nitrogen and oxygen atoms in total. The van der Waals surface area contributed by atoms with Crippen molar-refractivity contribution in [2.45, 2.75) is 25.0 Å². The summed E-state index contributed by atoms with van der Waals surface area (Å²) in [5.41, 5.74) is 0. The highest BCUT2D eigenvalue weighted by molar-refractivity contribution is 6.00. The smallest absolute Gasteiger partial charge is 0.325 e. The maximum atomic E-state index is 11.7. The van der Waals surface area contributed by atoms with Crippen LogP contribution in [0.3, 0.4) is 0 Å². The first kappa shape index (κ1) is 12.2. The molecule has 0 aliphatic carbocycles. The summed E-state index contributed by atoms with van der Waals surface area (Å²) in [5, 5.41) is 11.7. The zero-order valence-corrected chi connectivity index (χ0v) is 10.3. The van der Waals surface area contributed by atoms with Crippen LogP contribution >= 0.6 is 0 Å². The van der Waals surface area contributed by atoms with Crippen LogP contribution in [-0.2, 0) is 11.3 Å². The van der Waals surface area contributed by atoms with Crippen LogP contribution in [0.25, 0.3) is 0 Å². The predicted octanol–water partition coefficient (Wildman–Crippen LogP) is -1.28. The minimum Gasteiger partial charge on any atom is -0.468 e. The Morgan fingerprint density at radius 2 is 2.26 bits per heavy atom. The van der Waals surface area contributed by atoms with E-state index in [4.69, 9.17) is 4.42 Å². The normalized spacial score (nSPS) is 30.4. The van der Waals surface area contributed by atoms with Gasteiger partial charge in [0.05, 0.1) is 12.8 Å². The second kappa shape index (κ2) is 4.65. The fraction of sp³-hybridized carbons (Fsp3) is 0.455. The summed E-state index contributed by atoms with van der Waals surface area (Å²) in [7, 11) is 1.64. The largest absolute Gasteiger partial charge is 0.468 e. The zero-order valence-electron chi connectivity index (χ0n) is 10.3. The average Bonchev–Trinajstić information content (AvgIpc) is 3.03. The van der Waals surface area contributed by atoms with Gasteiger partial charge in [-0.25, -0.2) is 4.79 Å². The molecule has 3 atom stereocenters. The molecule has 3 rings (SSSR count). The molecular weight excluding hydrogens is 250 g/mol. The summed E-state index contributed by atoms with van der Waals surface area (Å²) in [6.07, 6.45) is 0.987. The topological polar surface area (TPSA) is 98.6 Å². The SMILES string of the molecule is CN1C(=O)NC(=O)C2NC(NCc3ccco3)NC21. The Morgan fingerprint density at radius 1 is 1.42 bits per heavy atom. The Balaban J connectivity index is 1.62. The number of nitrogens with zero attached hydrogens (tertiary/aromatic N) is 1. The molecule has 0 saturated carbocycles. The summed E-state index contributed by atoms with van der Waals surface area (Å²) < 4.78 is 5.21. The predicted molar refractivity (Wildman–Crippen MR) is 64.5 cm³/mol. The summed E-state index contributed by atoms with van der Waals surface area (Å²) >= 11 is 0. The number of fused-ring (bicyclic) bond motifs is 1. The van der Waals surface area contributed by atoms with Crippen LogP contribution in [-0.4, -0.2) is 42.4 Å². The third-order valence-electron chi connectivity index (χ3n) is 3.31. The zero-order chi connectivity index (χ0) is 13.4. The van der Waals surface area contributed by atoms with Gasteiger partial charge in [0.2, 0.25) is 5.91 Å². The van der Waals surface area contributed by atoms with E-state index in [9.17, 15) is 9.59 Å². The molecule has 2 aliphatic rings. The van der Waals surface area contributed by atoms with Crippen molar-refractivity contribution in [2.24, 2.45) is 0 Å². The van der Waals surface area contributed by atoms with E-state index in [1.807, 2.05) is 12.1 Å². The van der Waals surface area contributed by atoms with Gasteiger partial charge >= 0.3 is 6.03 Å². The van der Waals surface area contributed by atoms with E-state index < -0.39 is 12.1 Å². The maximum absolute atomic E-state index is 11.7. The Morgan fingerprint density at radius 3 is 3.00 bits per heavy atom. The summed E-state index contributed by atoms with van der Waals surface area (Å²) in [6, 6.07) is 2.81. The first-order valence-corrected chi connectivity index (χ1v) is 6.00. The Kier molecular flexibility index (Phi) is 2.97. The third-order valence-corrected chi connectivity index (χ3v) is 3.31. The van der Waals surface area contributed by atoms with Crippen LogP contribution in [0, 0.1) is 0 Å². The van der Waals surface area contributed by atoms with Crippen molar-refractivity contribution in [3.05, 3.63) is 24.2 Å². The number of rotatable bonds is 3. The number of furan rings is 1. The summed E-state index contributed by atoms with van der Waals surface area (Å²) in [5.74, 6) is 0.482. The van der Waals surface area contributed by atoms with E-state index in [0.717, 1.165) is 5.76 Å². The van der Waals surface area contributed by atoms with Gasteiger partial charge in [-0.15, -0.1) is 0 Å². The number of imide groups is 1. The Bertz CT molecular complexity index is 489. The monoisotopic (exact) mass is 265 g/mol. The van der Waals surface area contributed by atoms with Gasteiger partial charge in [0.25, 0.3) is 0 Å². The van der Waals surface area contributed by atoms with Crippen LogP contribution in [0.1, 0.15) is 5.76 Å². The first-order chi connectivity index (χ1) is 9.15. The van der Waals surface area contributed by atoms with Crippen molar-refractivity contribution in [3.63, 3.8) is 0 Å². The molecule has 0 radical (unpaired) electrons. The molecule has 8 heteroatoms. The number of nitrogens with one attached hydrogen (secondary N) is 4. The van der Waals surface area contributed by atoms with Crippen LogP contribution in [0.5, 0.6) is 0 Å². The van der Waals surface area contributed by atoms with Gasteiger partial charge in [-0.05, 0) is 12.1 Å². The lowest BCUT2D eigenvalue weighted by Crippen LogP contribution is -2.64. The van der Waals surface area contributed by atoms with Crippen molar-refractivity contribution in [3.8, 4) is 0 Å². The number of carbonyl (C=O) groups is 2. The molecule has 0 spiro atoms. The van der Waals surface area contributed by atoms with Crippen molar-refractivity contribution >= 4 is 11.9 Å². The van der Waals surface area contributed by atoms with E-state index >= 15 is 0 Å². The highest BCUT2D eigenvalue weighted by atomic mass is 16.3. The standard InChI is InChI=1S/C11H15N5O3/c1-16-8-7(9(17)15-11(16)18)13-10(14-8)12-5-6-3-2-4-19-6/h2-4,7-8,10,12-14H,5H2,1H3,(H,15,17,18). The molecule has 3 amide bonds. The highest BCUT2D eigenvalue weighted by Crippen LogP contribution is 2.12. The number of carbonyl (C=O) groups excluding carboxylic acids is 2. The number of hydrogen-bond acceptors (Lipinski definition) is 6. The second-order valence-electron chi connectivity index (χ2n) is 4.55. The fourth-order valence-corrected chi connectivity index (χ4v) is 2.27. The third kappa shape index (κ3) is 2.21. The summed E-state index contributed by atoms with van der Waals surface area (Å²) in [6.45, 7) is 0.524. The van der Waals surface area contributed by atoms with Crippen LogP contribution < -0.4 is 21.3 Å². The first-order valence-electron chi connectivity index (χ1n) is 6.00. The van der Waals surface area contributed by atoms with Crippen molar-refractivity contribution in [1.82, 2.24) is 26.2 Å². The average molecular weight is 265 g/mol. The molecule has 2 aliphatic heterocycles. The number of likely N-dealkylation sites (N-methyl/N-ethyl adjacent to an activating group) is 1. The van der Waals surface area contributed by atoms with Gasteiger partial charge in [0.15, 0.2) is 0 Å². The molecule has 102 valence electrons. The van der Waals surface area contributed by atoms with E-state index in [1.165, 1.54) is 4.90 Å². The van der Waals surface area contributed by atoms with Gasteiger partial charge in [0, 0.05) is 7.05 Å². The minimum absolute atomic E-state index is 0.265. The molecule has 3 unspecified atom stereocenters. The minimum atomic E-state index is -0.461. The lowest BCUT2D eigenvalue weighted by Gasteiger charge is -2.32. The molecule has 1 aromatic heterocycles. The van der Waals surface area contributed by atoms with Crippen LogP contribution in [0.15, 0.2) is 22.8 Å². The van der Waals surface area contributed by atoms with Gasteiger partial charge in [-0.3, -0.25) is 26.1 Å². The molecule has 0 bridgehead atoms. The van der Waals surface area contributed by atoms with Gasteiger partial charge in [0.1, 0.15) is 24.3 Å². The number of urea groups is 1. The lowest BCUT2D eigenvalue weighted by atomic mass is 10.2. The number of amides is 3. The van der Waals surface area contributed by atoms with Gasteiger partial charge in [-0.1, -0.05) is 0 Å². The molecule has 4 N–H and O–H groups in total. The van der Waals surface area contributed by atoms with Crippen molar-refractivity contribution < 1.29 is 14.0 Å². The lowest BCUT2D eigenvalue weighted by molar-refractivity contribution is -0.124. The maximum Gasteiger partial charge on any atom is 0.325 e. The molecule has 2 fully saturated rings. The summed E-state index contributed by atoms with van der Waals surface area (Å²) in [4.78, 5) is 24.7. The van der Waals surface area contributed by atoms with Crippen molar-refractivity contribution in [2.75, 3.05) is 7.05 Å². The molecule has 3 heterocycles. The Labute approximate surface area is 109 Å². The molecular formula is C11H15N5O3. The van der Waals surface area contributed by atoms with E-state index in [1.54, 1.807) is 13.3 Å². The van der Waals surface area contributed by atoms with Crippen molar-refractivity contribution in [1.29, 1.82) is 0 Å². The quantitative estimate of drug-likeness (QED) is 0.543. The molecule has 1 aromatic rings. The van der Waals surface area contributed by atoms with Gasteiger partial charge < -0.3 is 9.32 Å². The molecule has 2 saturated heterocycles. The molecule has 19 heavy (non-hydrogen) atoms. The van der Waals surface area contributed by atoms with E-state index in [2.05, 4.69) is 21.3 Å². The van der Waals surface area contributed by atoms with Gasteiger partial charge in [-0.2, -0.15) is 0 Å². The van der Waals surface area contributed by atoms with Crippen LogP contribution in [0.2, 0.25) is 0 Å². The fourth-order valence-electron chi connectivity index (χ4n) is 2.27.